The third-order valence-electron chi connectivity index (χ3n) is 6.46. The minimum absolute atomic E-state index is 0.0652. The number of halogens is 4. The molecule has 6 nitrogen and oxygen atoms in total. The quantitative estimate of drug-likeness (QED) is 0.359. The molecule has 10 heteroatoms. The summed E-state index contributed by atoms with van der Waals surface area (Å²) >= 11 is 0. The number of nitrogens with zero attached hydrogens (tertiary/aromatic N) is 2. The Morgan fingerprint density at radius 1 is 0.718 bits per heavy atom. The predicted molar refractivity (Wildman–Crippen MR) is 140 cm³/mol. The molecule has 0 amide bonds. The third kappa shape index (κ3) is 8.10. The van der Waals surface area contributed by atoms with E-state index >= 15 is 0 Å². The second-order valence-corrected chi connectivity index (χ2v) is 9.92. The van der Waals surface area contributed by atoms with Gasteiger partial charge in [0.2, 0.25) is 0 Å². The molecule has 2 unspecified atom stereocenters. The summed E-state index contributed by atoms with van der Waals surface area (Å²) in [7, 11) is 6.67. The van der Waals surface area contributed by atoms with E-state index in [4.69, 9.17) is 0 Å². The zero-order valence-electron chi connectivity index (χ0n) is 22.2. The van der Waals surface area contributed by atoms with Gasteiger partial charge in [-0.1, -0.05) is 0 Å². The van der Waals surface area contributed by atoms with E-state index in [9.17, 15) is 31.9 Å². The van der Waals surface area contributed by atoms with Gasteiger partial charge in [-0.05, 0) is 47.5 Å². The topological polar surface area (TPSA) is 69.7 Å². The van der Waals surface area contributed by atoms with E-state index in [1.165, 1.54) is 12.2 Å². The van der Waals surface area contributed by atoms with Crippen LogP contribution in [0.1, 0.15) is 24.0 Å². The molecule has 208 valence electrons. The zero-order valence-corrected chi connectivity index (χ0v) is 22.2. The largest absolute Gasteiger partial charge is 0.381 e. The summed E-state index contributed by atoms with van der Waals surface area (Å²) in [6.07, 6.45) is 2.57. The maximum atomic E-state index is 13.6. The Labute approximate surface area is 225 Å². The minimum Gasteiger partial charge on any atom is -0.381 e. The first-order chi connectivity index (χ1) is 18.3. The van der Waals surface area contributed by atoms with Crippen molar-refractivity contribution in [1.29, 1.82) is 0 Å². The molecule has 1 N–H and O–H groups in total. The van der Waals surface area contributed by atoms with Crippen LogP contribution in [0.15, 0.2) is 47.8 Å². The number of carbonyl (C=O) groups is 3. The normalized spacial score (nSPS) is 18.2. The Balaban J connectivity index is 1.76. The lowest BCUT2D eigenvalue weighted by molar-refractivity contribution is -0.140. The van der Waals surface area contributed by atoms with E-state index in [0.717, 1.165) is 36.4 Å². The van der Waals surface area contributed by atoms with Crippen LogP contribution in [-0.4, -0.2) is 68.4 Å². The van der Waals surface area contributed by atoms with Crippen molar-refractivity contribution in [3.63, 3.8) is 0 Å². The average molecular weight is 546 g/mol. The molecule has 1 saturated heterocycles. The number of benzene rings is 2. The first kappa shape index (κ1) is 29.8. The van der Waals surface area contributed by atoms with Crippen LogP contribution < -0.4 is 5.32 Å². The number of hydrogen-bond acceptors (Lipinski definition) is 6. The second-order valence-electron chi connectivity index (χ2n) is 9.92. The van der Waals surface area contributed by atoms with Crippen molar-refractivity contribution in [2.24, 2.45) is 11.8 Å². The molecule has 2 aromatic rings. The van der Waals surface area contributed by atoms with Crippen LogP contribution in [0.4, 0.5) is 17.6 Å². The molecular weight excluding hydrogens is 514 g/mol. The lowest BCUT2D eigenvalue weighted by Crippen LogP contribution is -2.50. The second kappa shape index (κ2) is 12.8. The Morgan fingerprint density at radius 3 is 1.36 bits per heavy atom. The number of hydrogen-bond donors (Lipinski definition) is 1. The van der Waals surface area contributed by atoms with Gasteiger partial charge >= 0.3 is 0 Å². The molecule has 1 heterocycles. The molecule has 1 aliphatic rings. The summed E-state index contributed by atoms with van der Waals surface area (Å²) in [5, 5.41) is 2.98. The van der Waals surface area contributed by atoms with Gasteiger partial charge in [-0.2, -0.15) is 0 Å². The molecule has 0 radical (unpaired) electrons. The number of piperidine rings is 1. The van der Waals surface area contributed by atoms with Gasteiger partial charge < -0.3 is 15.1 Å². The van der Waals surface area contributed by atoms with Crippen molar-refractivity contribution in [1.82, 2.24) is 15.1 Å². The number of rotatable bonds is 10. The van der Waals surface area contributed by atoms with E-state index in [1.807, 2.05) is 0 Å². The molecule has 0 bridgehead atoms. The van der Waals surface area contributed by atoms with Gasteiger partial charge in [-0.15, -0.1) is 0 Å². The molecule has 2 atom stereocenters. The lowest BCUT2D eigenvalue weighted by atomic mass is 9.81. The van der Waals surface area contributed by atoms with Crippen molar-refractivity contribution in [2.45, 2.75) is 12.8 Å². The summed E-state index contributed by atoms with van der Waals surface area (Å²) in [6, 6.07) is 6.02. The van der Waals surface area contributed by atoms with E-state index in [1.54, 1.807) is 38.0 Å². The number of nitrogens with one attached hydrogen (secondary N) is 1. The standard InChI is InChI=1S/C29H31F4N3O3/c1-35(2)23(9-17-5-19(30)11-20(31)6-17)13-27(37)25-15-34-16-26(29(25)39)28(38)14-24(36(3)4)10-18-7-21(32)12-22(33)8-18/h5-12,25-26,34H,13-16H2,1-4H3/b23-9+,24-10+. The van der Waals surface area contributed by atoms with Crippen LogP contribution in [0.25, 0.3) is 12.2 Å². The van der Waals surface area contributed by atoms with E-state index < -0.39 is 52.5 Å². The van der Waals surface area contributed by atoms with Crippen LogP contribution in [0.2, 0.25) is 0 Å². The predicted octanol–water partition coefficient (Wildman–Crippen LogP) is 4.07. The van der Waals surface area contributed by atoms with Gasteiger partial charge in [0.1, 0.15) is 34.8 Å². The Bertz CT molecular complexity index is 1180. The van der Waals surface area contributed by atoms with Gasteiger partial charge in [0.15, 0.2) is 5.78 Å². The van der Waals surface area contributed by atoms with Gasteiger partial charge in [0.25, 0.3) is 0 Å². The highest BCUT2D eigenvalue weighted by Gasteiger charge is 2.39. The molecule has 0 aromatic heterocycles. The summed E-state index contributed by atoms with van der Waals surface area (Å²) < 4.78 is 54.5. The lowest BCUT2D eigenvalue weighted by Gasteiger charge is -2.29. The molecule has 0 aliphatic carbocycles. The average Bonchev–Trinajstić information content (AvgIpc) is 2.81. The van der Waals surface area contributed by atoms with Gasteiger partial charge in [0, 0.05) is 77.6 Å². The zero-order chi connectivity index (χ0) is 28.9. The first-order valence-corrected chi connectivity index (χ1v) is 12.3. The Hall–Kier alpha value is -3.79. The minimum atomic E-state index is -1.08. The summed E-state index contributed by atoms with van der Waals surface area (Å²) in [4.78, 5) is 42.8. The van der Waals surface area contributed by atoms with Gasteiger partial charge in [-0.3, -0.25) is 14.4 Å². The summed E-state index contributed by atoms with van der Waals surface area (Å²) in [5.74, 6) is -6.55. The van der Waals surface area contributed by atoms with Crippen LogP contribution in [0, 0.1) is 35.1 Å². The third-order valence-corrected chi connectivity index (χ3v) is 6.46. The Kier molecular flexibility index (Phi) is 9.80. The molecule has 0 spiro atoms. The molecule has 3 rings (SSSR count). The maximum absolute atomic E-state index is 13.6. The van der Waals surface area contributed by atoms with E-state index in [0.29, 0.717) is 11.4 Å². The molecule has 1 fully saturated rings. The van der Waals surface area contributed by atoms with Gasteiger partial charge in [-0.25, -0.2) is 17.6 Å². The highest BCUT2D eigenvalue weighted by Crippen LogP contribution is 2.24. The molecule has 39 heavy (non-hydrogen) atoms. The van der Waals surface area contributed by atoms with Crippen LogP contribution in [0.3, 0.4) is 0 Å². The number of carbonyl (C=O) groups excluding carboxylic acids is 3. The van der Waals surface area contributed by atoms with Crippen molar-refractivity contribution in [3.05, 3.63) is 82.2 Å². The Morgan fingerprint density at radius 2 is 1.05 bits per heavy atom. The monoisotopic (exact) mass is 545 g/mol. The fourth-order valence-corrected chi connectivity index (χ4v) is 4.34. The number of Topliss-reactive ketones (excluding diaryl/α,β-unsaturated/α-hetero) is 3. The van der Waals surface area contributed by atoms with Crippen LogP contribution >= 0.6 is 0 Å². The van der Waals surface area contributed by atoms with Crippen molar-refractivity contribution in [2.75, 3.05) is 41.3 Å². The van der Waals surface area contributed by atoms with E-state index in [-0.39, 0.29) is 37.1 Å². The first-order valence-electron chi connectivity index (χ1n) is 12.3. The molecule has 2 aromatic carbocycles. The highest BCUT2D eigenvalue weighted by molar-refractivity contribution is 6.13. The fraction of sp³-hybridized carbons (Fsp3) is 0.345. The smallest absolute Gasteiger partial charge is 0.156 e. The van der Waals surface area contributed by atoms with E-state index in [2.05, 4.69) is 5.32 Å². The molecular formula is C29H31F4N3O3. The fourth-order valence-electron chi connectivity index (χ4n) is 4.34. The summed E-state index contributed by atoms with van der Waals surface area (Å²) in [6.45, 7) is 0.130. The maximum Gasteiger partial charge on any atom is 0.156 e. The van der Waals surface area contributed by atoms with Crippen molar-refractivity contribution >= 4 is 29.5 Å². The van der Waals surface area contributed by atoms with Crippen LogP contribution in [0.5, 0.6) is 0 Å². The van der Waals surface area contributed by atoms with Crippen molar-refractivity contribution in [3.8, 4) is 0 Å². The SMILES string of the molecule is CN(C)/C(=C/c1cc(F)cc(F)c1)CC(=O)C1CNCC(C(=O)C/C(=C\c2cc(F)cc(F)c2)N(C)C)C1=O. The van der Waals surface area contributed by atoms with Gasteiger partial charge in [0.05, 0.1) is 11.8 Å². The van der Waals surface area contributed by atoms with Crippen LogP contribution in [-0.2, 0) is 14.4 Å². The van der Waals surface area contributed by atoms with Crippen molar-refractivity contribution < 1.29 is 31.9 Å². The number of ketones is 3. The summed E-state index contributed by atoms with van der Waals surface area (Å²) in [5.41, 5.74) is 1.33. The molecule has 1 aliphatic heterocycles. The molecule has 0 saturated carbocycles. The number of allylic oxidation sites excluding steroid dienone is 2. The highest BCUT2D eigenvalue weighted by atomic mass is 19.1.